The lowest BCUT2D eigenvalue weighted by molar-refractivity contribution is -0.111. The minimum atomic E-state index is -0.413. The number of aliphatic imine (C=N–C) groups is 3. The number of nitrogens with zero attached hydrogens (tertiary/aromatic N) is 3. The third kappa shape index (κ3) is 1.72. The number of nitrogens with two attached hydrogens (primary N) is 1. The van der Waals surface area contributed by atoms with E-state index >= 15 is 0 Å². The molecule has 0 aromatic carbocycles. The number of rotatable bonds is 2. The van der Waals surface area contributed by atoms with Crippen LogP contribution in [-0.2, 0) is 11.2 Å². The van der Waals surface area contributed by atoms with Crippen LogP contribution in [-0.4, -0.2) is 23.3 Å². The summed E-state index contributed by atoms with van der Waals surface area (Å²) in [5.41, 5.74) is 8.42. The maximum Gasteiger partial charge on any atom is 0.301 e. The first kappa shape index (κ1) is 10.1. The Morgan fingerprint density at radius 1 is 1.29 bits per heavy atom. The quantitative estimate of drug-likeness (QED) is 0.839. The molecule has 0 spiro atoms. The highest BCUT2D eigenvalue weighted by molar-refractivity contribution is 7.08. The number of guanidine groups is 1. The molecule has 0 bridgehead atoms. The number of hydrogen-bond donors (Lipinski definition) is 1. The van der Waals surface area contributed by atoms with E-state index < -0.39 is 5.91 Å². The fourth-order valence-corrected chi connectivity index (χ4v) is 2.41. The molecule has 0 fully saturated rings. The van der Waals surface area contributed by atoms with Gasteiger partial charge in [-0.3, -0.25) is 4.79 Å². The second-order valence-electron chi connectivity index (χ2n) is 3.68. The molecular formula is C11H8N4OS. The van der Waals surface area contributed by atoms with Gasteiger partial charge in [-0.1, -0.05) is 0 Å². The summed E-state index contributed by atoms with van der Waals surface area (Å²) in [5.74, 6) is -0.411. The van der Waals surface area contributed by atoms with Crippen molar-refractivity contribution in [3.8, 4) is 0 Å². The SMILES string of the molecule is NC1=NC(=O)C2=NC=C(Cc3ccsc3)C2=N1. The summed E-state index contributed by atoms with van der Waals surface area (Å²) < 4.78 is 0. The van der Waals surface area contributed by atoms with Crippen molar-refractivity contribution in [3.05, 3.63) is 34.2 Å². The van der Waals surface area contributed by atoms with Crippen LogP contribution in [0.15, 0.2) is 43.6 Å². The number of fused-ring (bicyclic) bond motifs is 1. The fourth-order valence-electron chi connectivity index (χ4n) is 1.74. The molecule has 0 radical (unpaired) electrons. The monoisotopic (exact) mass is 244 g/mol. The predicted octanol–water partition coefficient (Wildman–Crippen LogP) is 0.925. The number of hydrogen-bond acceptors (Lipinski definition) is 5. The van der Waals surface area contributed by atoms with Crippen molar-refractivity contribution in [2.24, 2.45) is 20.7 Å². The zero-order chi connectivity index (χ0) is 11.8. The molecule has 3 rings (SSSR count). The Bertz CT molecular complexity index is 607. The van der Waals surface area contributed by atoms with E-state index in [1.165, 1.54) is 5.56 Å². The van der Waals surface area contributed by atoms with Crippen LogP contribution in [0.25, 0.3) is 0 Å². The Kier molecular flexibility index (Phi) is 2.22. The van der Waals surface area contributed by atoms with Gasteiger partial charge in [-0.2, -0.15) is 16.3 Å². The van der Waals surface area contributed by atoms with Crippen LogP contribution < -0.4 is 5.73 Å². The molecule has 0 saturated heterocycles. The second-order valence-corrected chi connectivity index (χ2v) is 4.46. The van der Waals surface area contributed by atoms with Crippen molar-refractivity contribution >= 4 is 34.6 Å². The third-order valence-corrected chi connectivity index (χ3v) is 3.23. The Balaban J connectivity index is 1.91. The normalized spacial score (nSPS) is 18.2. The van der Waals surface area contributed by atoms with Crippen molar-refractivity contribution < 1.29 is 4.79 Å². The number of carbonyl (C=O) groups is 1. The van der Waals surface area contributed by atoms with Crippen molar-refractivity contribution in [3.63, 3.8) is 0 Å². The summed E-state index contributed by atoms with van der Waals surface area (Å²) in [6.45, 7) is 0. The molecule has 84 valence electrons. The van der Waals surface area contributed by atoms with Crippen LogP contribution in [0.5, 0.6) is 0 Å². The molecule has 0 atom stereocenters. The average molecular weight is 244 g/mol. The molecule has 2 aliphatic rings. The van der Waals surface area contributed by atoms with Crippen LogP contribution in [0.4, 0.5) is 0 Å². The molecule has 1 amide bonds. The highest BCUT2D eigenvalue weighted by atomic mass is 32.1. The molecule has 6 heteroatoms. The molecule has 0 aliphatic carbocycles. The van der Waals surface area contributed by atoms with Gasteiger partial charge in [0.25, 0.3) is 0 Å². The zero-order valence-corrected chi connectivity index (χ0v) is 9.57. The molecule has 0 unspecified atom stereocenters. The van der Waals surface area contributed by atoms with Crippen LogP contribution >= 0.6 is 11.3 Å². The Morgan fingerprint density at radius 3 is 2.94 bits per heavy atom. The van der Waals surface area contributed by atoms with E-state index in [-0.39, 0.29) is 5.96 Å². The lowest BCUT2D eigenvalue weighted by atomic mass is 10.0. The molecular weight excluding hydrogens is 236 g/mol. The number of thiophene rings is 1. The summed E-state index contributed by atoms with van der Waals surface area (Å²) in [7, 11) is 0. The summed E-state index contributed by atoms with van der Waals surface area (Å²) in [6, 6.07) is 2.03. The van der Waals surface area contributed by atoms with E-state index in [0.29, 0.717) is 17.8 Å². The summed E-state index contributed by atoms with van der Waals surface area (Å²) in [4.78, 5) is 23.2. The Morgan fingerprint density at radius 2 is 2.18 bits per heavy atom. The van der Waals surface area contributed by atoms with E-state index in [1.54, 1.807) is 17.5 Å². The molecule has 17 heavy (non-hydrogen) atoms. The van der Waals surface area contributed by atoms with Gasteiger partial charge in [-0.25, -0.2) is 9.98 Å². The highest BCUT2D eigenvalue weighted by Gasteiger charge is 2.29. The van der Waals surface area contributed by atoms with Crippen molar-refractivity contribution in [1.82, 2.24) is 0 Å². The molecule has 0 saturated carbocycles. The second kappa shape index (κ2) is 3.74. The summed E-state index contributed by atoms with van der Waals surface area (Å²) in [5, 5.41) is 4.07. The highest BCUT2D eigenvalue weighted by Crippen LogP contribution is 2.19. The number of carbonyl (C=O) groups excluding carboxylic acids is 1. The van der Waals surface area contributed by atoms with E-state index in [1.807, 2.05) is 11.4 Å². The first-order chi connectivity index (χ1) is 8.24. The van der Waals surface area contributed by atoms with Crippen molar-refractivity contribution in [1.29, 1.82) is 0 Å². The first-order valence-electron chi connectivity index (χ1n) is 5.00. The van der Waals surface area contributed by atoms with E-state index in [2.05, 4.69) is 20.4 Å². The first-order valence-corrected chi connectivity index (χ1v) is 5.94. The largest absolute Gasteiger partial charge is 0.368 e. The van der Waals surface area contributed by atoms with Crippen LogP contribution in [0.3, 0.4) is 0 Å². The maximum absolute atomic E-state index is 11.5. The van der Waals surface area contributed by atoms with E-state index in [4.69, 9.17) is 5.73 Å². The van der Waals surface area contributed by atoms with Crippen LogP contribution in [0.2, 0.25) is 0 Å². The van der Waals surface area contributed by atoms with Gasteiger partial charge in [-0.05, 0) is 22.4 Å². The predicted molar refractivity (Wildman–Crippen MR) is 67.6 cm³/mol. The third-order valence-electron chi connectivity index (χ3n) is 2.50. The van der Waals surface area contributed by atoms with E-state index in [9.17, 15) is 4.79 Å². The zero-order valence-electron chi connectivity index (χ0n) is 8.75. The molecule has 3 heterocycles. The lowest BCUT2D eigenvalue weighted by Crippen LogP contribution is -2.31. The standard InChI is InChI=1S/C11H8N4OS/c12-11-14-8-7(3-6-1-2-17-5-6)4-13-9(8)10(16)15-11/h1-2,4-5H,3H2,(H2,12,15,16). The van der Waals surface area contributed by atoms with Gasteiger partial charge in [0.05, 0.1) is 0 Å². The minimum absolute atomic E-state index is 0.00192. The lowest BCUT2D eigenvalue weighted by Gasteiger charge is -2.08. The van der Waals surface area contributed by atoms with Crippen molar-refractivity contribution in [2.75, 3.05) is 0 Å². The topological polar surface area (TPSA) is 80.2 Å². The molecule has 5 nitrogen and oxygen atoms in total. The van der Waals surface area contributed by atoms with Crippen LogP contribution in [0, 0.1) is 0 Å². The van der Waals surface area contributed by atoms with Gasteiger partial charge in [-0.15, -0.1) is 0 Å². The minimum Gasteiger partial charge on any atom is -0.368 e. The Hall–Kier alpha value is -2.08. The van der Waals surface area contributed by atoms with E-state index in [0.717, 1.165) is 5.57 Å². The van der Waals surface area contributed by atoms with Gasteiger partial charge in [0, 0.05) is 18.2 Å². The van der Waals surface area contributed by atoms with Crippen LogP contribution in [0.1, 0.15) is 5.56 Å². The van der Waals surface area contributed by atoms with Gasteiger partial charge < -0.3 is 5.73 Å². The smallest absolute Gasteiger partial charge is 0.301 e. The Labute approximate surface area is 101 Å². The summed E-state index contributed by atoms with van der Waals surface area (Å²) in [6.07, 6.45) is 2.37. The molecule has 2 aliphatic heterocycles. The fraction of sp³-hybridized carbons (Fsp3) is 0.0909. The molecule has 1 aromatic rings. The number of allylic oxidation sites excluding steroid dienone is 1. The van der Waals surface area contributed by atoms with Gasteiger partial charge in [0.15, 0.2) is 5.71 Å². The maximum atomic E-state index is 11.5. The van der Waals surface area contributed by atoms with Gasteiger partial charge in [0.1, 0.15) is 5.71 Å². The summed E-state index contributed by atoms with van der Waals surface area (Å²) >= 11 is 1.63. The average Bonchev–Trinajstić information content (AvgIpc) is 2.89. The number of amides is 1. The van der Waals surface area contributed by atoms with Crippen molar-refractivity contribution in [2.45, 2.75) is 6.42 Å². The van der Waals surface area contributed by atoms with Gasteiger partial charge in [0.2, 0.25) is 5.96 Å². The molecule has 1 aromatic heterocycles. The van der Waals surface area contributed by atoms with Gasteiger partial charge >= 0.3 is 5.91 Å². The molecule has 2 N–H and O–H groups in total.